The normalized spacial score (nSPS) is 17.6. The van der Waals surface area contributed by atoms with Gasteiger partial charge >= 0.3 is 6.03 Å². The number of amides is 4. The Morgan fingerprint density at radius 1 is 1.27 bits per heavy atom. The summed E-state index contributed by atoms with van der Waals surface area (Å²) in [5.41, 5.74) is 0.804. The van der Waals surface area contributed by atoms with Crippen LogP contribution in [0.2, 0.25) is 0 Å². The molecule has 8 nitrogen and oxygen atoms in total. The fraction of sp³-hybridized carbons (Fsp3) is 0.308. The first-order valence-electron chi connectivity index (χ1n) is 6.42. The second-order valence-corrected chi connectivity index (χ2v) is 6.66. The van der Waals surface area contributed by atoms with Gasteiger partial charge in [-0.2, -0.15) is 0 Å². The lowest BCUT2D eigenvalue weighted by Crippen LogP contribution is -2.67. The van der Waals surface area contributed by atoms with Crippen molar-refractivity contribution in [1.29, 1.82) is 0 Å². The van der Waals surface area contributed by atoms with Crippen LogP contribution < -0.4 is 10.0 Å². The minimum atomic E-state index is -3.73. The second kappa shape index (κ2) is 6.14. The van der Waals surface area contributed by atoms with Gasteiger partial charge in [0.25, 0.3) is 5.91 Å². The Kier molecular flexibility index (Phi) is 4.45. The number of likely N-dealkylation sites (tertiary alicyclic amines) is 1. The van der Waals surface area contributed by atoms with Gasteiger partial charge in [0, 0.05) is 0 Å². The van der Waals surface area contributed by atoms with E-state index in [1.165, 1.54) is 0 Å². The molecule has 118 valence electrons. The predicted molar refractivity (Wildman–Crippen MR) is 77.2 cm³/mol. The van der Waals surface area contributed by atoms with E-state index in [1.807, 2.05) is 6.07 Å². The van der Waals surface area contributed by atoms with Crippen molar-refractivity contribution in [2.24, 2.45) is 0 Å². The third-order valence-corrected chi connectivity index (χ3v) is 3.54. The molecule has 4 amide bonds. The molecule has 1 fully saturated rings. The number of carbonyl (C=O) groups is 3. The lowest BCUT2D eigenvalue weighted by Gasteiger charge is -2.36. The highest BCUT2D eigenvalue weighted by molar-refractivity contribution is 7.89. The average Bonchev–Trinajstić information content (AvgIpc) is 2.41. The van der Waals surface area contributed by atoms with Crippen LogP contribution >= 0.6 is 0 Å². The molecule has 0 unspecified atom stereocenters. The Morgan fingerprint density at radius 2 is 1.91 bits per heavy atom. The molecule has 2 rings (SSSR count). The van der Waals surface area contributed by atoms with E-state index in [2.05, 4.69) is 5.32 Å². The lowest BCUT2D eigenvalue weighted by atomic mass is 10.1. The minimum Gasteiger partial charge on any atom is -0.342 e. The third-order valence-electron chi connectivity index (χ3n) is 2.99. The first-order valence-corrected chi connectivity index (χ1v) is 8.32. The lowest BCUT2D eigenvalue weighted by molar-refractivity contribution is -0.142. The number of sulfonamides is 1. The highest BCUT2D eigenvalue weighted by Gasteiger charge is 2.42. The number of urea groups is 1. The van der Waals surface area contributed by atoms with E-state index in [9.17, 15) is 22.8 Å². The van der Waals surface area contributed by atoms with Crippen molar-refractivity contribution in [3.05, 3.63) is 35.9 Å². The van der Waals surface area contributed by atoms with Crippen LogP contribution in [0.3, 0.4) is 0 Å². The summed E-state index contributed by atoms with van der Waals surface area (Å²) in [5, 5.41) is 2.50. The van der Waals surface area contributed by atoms with Crippen LogP contribution in [0.5, 0.6) is 0 Å². The molecule has 0 aromatic heterocycles. The maximum absolute atomic E-state index is 11.8. The number of β-lactam (4-membered cyclic amide) rings is 1. The number of nitrogens with one attached hydrogen (secondary N) is 2. The van der Waals surface area contributed by atoms with Crippen molar-refractivity contribution in [3.8, 4) is 0 Å². The summed E-state index contributed by atoms with van der Waals surface area (Å²) in [4.78, 5) is 35.7. The van der Waals surface area contributed by atoms with Gasteiger partial charge < -0.3 is 5.32 Å². The molecule has 2 N–H and O–H groups in total. The summed E-state index contributed by atoms with van der Waals surface area (Å²) >= 11 is 0. The summed E-state index contributed by atoms with van der Waals surface area (Å²) in [6.07, 6.45) is 0.939. The number of hydrogen-bond acceptors (Lipinski definition) is 5. The smallest absolute Gasteiger partial charge is 0.337 e. The molecule has 22 heavy (non-hydrogen) atoms. The van der Waals surface area contributed by atoms with Crippen molar-refractivity contribution < 1.29 is 22.8 Å². The molecule has 0 aliphatic carbocycles. The third kappa shape index (κ3) is 4.04. The van der Waals surface area contributed by atoms with E-state index in [0.717, 1.165) is 16.7 Å². The summed E-state index contributed by atoms with van der Waals surface area (Å²) in [7, 11) is -3.73. The first-order chi connectivity index (χ1) is 10.3. The molecule has 0 bridgehead atoms. The maximum atomic E-state index is 11.8. The van der Waals surface area contributed by atoms with Crippen LogP contribution in [-0.4, -0.2) is 50.0 Å². The first kappa shape index (κ1) is 16.0. The Hall–Kier alpha value is -2.42. The van der Waals surface area contributed by atoms with Gasteiger partial charge in [0.05, 0.1) is 19.2 Å². The maximum Gasteiger partial charge on any atom is 0.337 e. The zero-order valence-electron chi connectivity index (χ0n) is 11.8. The van der Waals surface area contributed by atoms with E-state index in [-0.39, 0.29) is 18.9 Å². The summed E-state index contributed by atoms with van der Waals surface area (Å²) in [5.74, 6) is -0.977. The molecule has 1 aromatic rings. The molecule has 9 heteroatoms. The van der Waals surface area contributed by atoms with Crippen molar-refractivity contribution >= 4 is 27.9 Å². The number of nitrogens with zero attached hydrogens (tertiary/aromatic N) is 1. The van der Waals surface area contributed by atoms with Gasteiger partial charge in [-0.05, 0) is 5.56 Å². The molecule has 1 atom stereocenters. The zero-order valence-corrected chi connectivity index (χ0v) is 12.6. The Bertz CT molecular complexity index is 702. The summed E-state index contributed by atoms with van der Waals surface area (Å²) in [6.45, 7) is -0.0548. The molecule has 1 saturated heterocycles. The molecular weight excluding hydrogens is 310 g/mol. The van der Waals surface area contributed by atoms with E-state index < -0.39 is 28.0 Å². The zero-order chi connectivity index (χ0) is 16.3. The van der Waals surface area contributed by atoms with Gasteiger partial charge in [-0.1, -0.05) is 30.3 Å². The highest BCUT2D eigenvalue weighted by Crippen LogP contribution is 2.11. The van der Waals surface area contributed by atoms with Gasteiger partial charge in [-0.25, -0.2) is 17.9 Å². The van der Waals surface area contributed by atoms with Gasteiger partial charge in [-0.15, -0.1) is 0 Å². The molecule has 0 saturated carbocycles. The fourth-order valence-electron chi connectivity index (χ4n) is 1.96. The standard InChI is InChI=1S/C13H15N3O5S/c1-22(20,21)15-13(19)16-8-10(12(16)18)14-11(17)7-9-5-3-2-4-6-9/h2-6,10H,7-8H2,1H3,(H,14,17)(H,15,19)/t10-/m0/s1. The van der Waals surface area contributed by atoms with Gasteiger partial charge in [-0.3, -0.25) is 14.5 Å². The number of hydrogen-bond donors (Lipinski definition) is 2. The Morgan fingerprint density at radius 3 is 2.45 bits per heavy atom. The van der Waals surface area contributed by atoms with Crippen molar-refractivity contribution in [1.82, 2.24) is 14.9 Å². The van der Waals surface area contributed by atoms with Crippen LogP contribution in [0.4, 0.5) is 4.79 Å². The van der Waals surface area contributed by atoms with Crippen LogP contribution in [0.1, 0.15) is 5.56 Å². The highest BCUT2D eigenvalue weighted by atomic mass is 32.2. The van der Waals surface area contributed by atoms with Crippen molar-refractivity contribution in [2.75, 3.05) is 12.8 Å². The van der Waals surface area contributed by atoms with Crippen LogP contribution in [0, 0.1) is 0 Å². The summed E-state index contributed by atoms with van der Waals surface area (Å²) < 4.78 is 23.5. The minimum absolute atomic E-state index is 0.0548. The van der Waals surface area contributed by atoms with Crippen molar-refractivity contribution in [2.45, 2.75) is 12.5 Å². The van der Waals surface area contributed by atoms with Crippen LogP contribution in [-0.2, 0) is 26.0 Å². The van der Waals surface area contributed by atoms with E-state index in [0.29, 0.717) is 0 Å². The van der Waals surface area contributed by atoms with E-state index in [4.69, 9.17) is 0 Å². The summed E-state index contributed by atoms with van der Waals surface area (Å²) in [6, 6.07) is 7.18. The Labute approximate surface area is 127 Å². The molecule has 1 aliphatic heterocycles. The molecule has 1 heterocycles. The van der Waals surface area contributed by atoms with Crippen LogP contribution in [0.25, 0.3) is 0 Å². The molecular formula is C13H15N3O5S. The number of carbonyl (C=O) groups excluding carboxylic acids is 3. The molecule has 0 radical (unpaired) electrons. The monoisotopic (exact) mass is 325 g/mol. The average molecular weight is 325 g/mol. The molecule has 1 aromatic carbocycles. The van der Waals surface area contributed by atoms with Gasteiger partial charge in [0.1, 0.15) is 6.04 Å². The number of rotatable bonds is 4. The topological polar surface area (TPSA) is 113 Å². The number of benzene rings is 1. The quantitative estimate of drug-likeness (QED) is 0.706. The SMILES string of the molecule is CS(=O)(=O)NC(=O)N1C[C@H](NC(=O)Cc2ccccc2)C1=O. The largest absolute Gasteiger partial charge is 0.342 e. The molecule has 0 spiro atoms. The van der Waals surface area contributed by atoms with Crippen LogP contribution in [0.15, 0.2) is 30.3 Å². The van der Waals surface area contributed by atoms with Gasteiger partial charge in [0.15, 0.2) is 0 Å². The Balaban J connectivity index is 1.83. The fourth-order valence-corrected chi connectivity index (χ4v) is 2.38. The predicted octanol–water partition coefficient (Wildman–Crippen LogP) is -0.775. The molecule has 1 aliphatic rings. The van der Waals surface area contributed by atoms with E-state index >= 15 is 0 Å². The second-order valence-electron chi connectivity index (χ2n) is 4.91. The van der Waals surface area contributed by atoms with Gasteiger partial charge in [0.2, 0.25) is 15.9 Å². The van der Waals surface area contributed by atoms with Crippen molar-refractivity contribution in [3.63, 3.8) is 0 Å². The number of imide groups is 1. The van der Waals surface area contributed by atoms with E-state index in [1.54, 1.807) is 29.0 Å².